The van der Waals surface area contributed by atoms with Gasteiger partial charge in [-0.05, 0) is 26.0 Å². The molecular formula is C12H11F2NO3. The van der Waals surface area contributed by atoms with E-state index in [2.05, 4.69) is 4.94 Å². The molecule has 0 amide bonds. The van der Waals surface area contributed by atoms with Gasteiger partial charge in [0, 0.05) is 22.2 Å². The highest BCUT2D eigenvalue weighted by atomic mass is 19.3. The monoisotopic (exact) mass is 255 g/mol. The Morgan fingerprint density at radius 3 is 2.72 bits per heavy atom. The first-order valence-corrected chi connectivity index (χ1v) is 5.33. The molecule has 1 aromatic heterocycles. The van der Waals surface area contributed by atoms with Gasteiger partial charge in [0.1, 0.15) is 0 Å². The van der Waals surface area contributed by atoms with Gasteiger partial charge in [-0.25, -0.2) is 13.8 Å². The van der Waals surface area contributed by atoms with Crippen molar-refractivity contribution in [3.8, 4) is 5.75 Å². The number of carbonyl (C=O) groups excluding carboxylic acids is 1. The van der Waals surface area contributed by atoms with Gasteiger partial charge in [0.2, 0.25) is 0 Å². The Bertz CT molecular complexity index is 592. The predicted octanol–water partition coefficient (Wildman–Crippen LogP) is 3.44. The Labute approximate surface area is 102 Å². The molecule has 4 nitrogen and oxygen atoms in total. The molecule has 1 aromatic carbocycles. The van der Waals surface area contributed by atoms with Crippen LogP contribution in [-0.2, 0) is 4.74 Å². The van der Waals surface area contributed by atoms with Crippen molar-refractivity contribution in [2.75, 3.05) is 0 Å². The first kappa shape index (κ1) is 12.3. The summed E-state index contributed by atoms with van der Waals surface area (Å²) in [7, 11) is 0. The van der Waals surface area contributed by atoms with Crippen LogP contribution in [0.3, 0.4) is 0 Å². The molecule has 2 rings (SSSR count). The third kappa shape index (κ3) is 2.13. The number of carbonyl (C=O) groups is 1. The minimum Gasteiger partial charge on any atom is -0.446 e. The van der Waals surface area contributed by atoms with Crippen LogP contribution in [-0.4, -0.2) is 16.8 Å². The molecule has 0 spiro atoms. The topological polar surface area (TPSA) is 40.5 Å². The van der Waals surface area contributed by atoms with E-state index >= 15 is 0 Å². The zero-order valence-corrected chi connectivity index (χ0v) is 9.81. The molecule has 0 bridgehead atoms. The van der Waals surface area contributed by atoms with Gasteiger partial charge in [0.05, 0.1) is 11.6 Å². The average molecular weight is 255 g/mol. The van der Waals surface area contributed by atoms with Gasteiger partial charge < -0.3 is 4.74 Å². The Kier molecular flexibility index (Phi) is 3.18. The van der Waals surface area contributed by atoms with E-state index in [1.165, 1.54) is 18.3 Å². The van der Waals surface area contributed by atoms with Gasteiger partial charge in [-0.3, -0.25) is 4.94 Å². The molecule has 0 saturated carbocycles. The fraction of sp³-hybridized carbons (Fsp3) is 0.250. The van der Waals surface area contributed by atoms with Crippen molar-refractivity contribution in [2.24, 2.45) is 0 Å². The van der Waals surface area contributed by atoms with Gasteiger partial charge in [-0.15, -0.1) is 0 Å². The number of ether oxygens (including phenoxy) is 1. The number of hydrogen-bond acceptors (Lipinski definition) is 3. The van der Waals surface area contributed by atoms with E-state index in [0.29, 0.717) is 5.39 Å². The van der Waals surface area contributed by atoms with Crippen molar-refractivity contribution in [1.29, 1.82) is 0 Å². The van der Waals surface area contributed by atoms with Crippen molar-refractivity contribution in [2.45, 2.75) is 20.0 Å². The second-order valence-electron chi connectivity index (χ2n) is 4.04. The van der Waals surface area contributed by atoms with E-state index in [-0.39, 0.29) is 17.4 Å². The predicted molar refractivity (Wildman–Crippen MR) is 60.6 cm³/mol. The summed E-state index contributed by atoms with van der Waals surface area (Å²) >= 11 is 0. The first-order valence-electron chi connectivity index (χ1n) is 5.33. The molecular weight excluding hydrogens is 244 g/mol. The Balaban J connectivity index is 2.51. The molecule has 0 aliphatic carbocycles. The Morgan fingerprint density at radius 2 is 2.11 bits per heavy atom. The summed E-state index contributed by atoms with van der Waals surface area (Å²) in [5.74, 6) is -1.01. The fourth-order valence-electron chi connectivity index (χ4n) is 1.66. The zero-order chi connectivity index (χ0) is 13.3. The summed E-state index contributed by atoms with van der Waals surface area (Å²) in [6.07, 6.45) is 0.361. The second kappa shape index (κ2) is 4.64. The summed E-state index contributed by atoms with van der Waals surface area (Å²) in [5.41, 5.74) is 0.0291. The second-order valence-corrected chi connectivity index (χ2v) is 4.04. The van der Waals surface area contributed by atoms with Crippen LogP contribution in [0.5, 0.6) is 5.75 Å². The number of aromatic nitrogens is 1. The minimum atomic E-state index is -0.758. The van der Waals surface area contributed by atoms with Gasteiger partial charge in [-0.1, -0.05) is 0 Å². The molecule has 1 heterocycles. The summed E-state index contributed by atoms with van der Waals surface area (Å²) in [4.78, 5) is 15.2. The van der Waals surface area contributed by atoms with Crippen LogP contribution in [0.1, 0.15) is 13.8 Å². The van der Waals surface area contributed by atoms with E-state index in [9.17, 15) is 13.7 Å². The highest BCUT2D eigenvalue weighted by molar-refractivity contribution is 5.90. The zero-order valence-electron chi connectivity index (χ0n) is 9.81. The Morgan fingerprint density at radius 1 is 1.39 bits per heavy atom. The fourth-order valence-corrected chi connectivity index (χ4v) is 1.66. The summed E-state index contributed by atoms with van der Waals surface area (Å²) in [6, 6.07) is 3.63. The minimum absolute atomic E-state index is 0.0291. The molecule has 0 unspecified atom stereocenters. The quantitative estimate of drug-likeness (QED) is 0.825. The summed E-state index contributed by atoms with van der Waals surface area (Å²) in [5, 5.41) is 0.350. The number of fused-ring (bicyclic) bond motifs is 1. The molecule has 0 aliphatic rings. The number of rotatable bonds is 2. The van der Waals surface area contributed by atoms with Gasteiger partial charge in [0.25, 0.3) is 0 Å². The summed E-state index contributed by atoms with van der Waals surface area (Å²) in [6.45, 7) is 3.38. The van der Waals surface area contributed by atoms with Crippen molar-refractivity contribution < 1.29 is 23.4 Å². The van der Waals surface area contributed by atoms with Crippen LogP contribution in [0.2, 0.25) is 0 Å². The van der Waals surface area contributed by atoms with Crippen LogP contribution >= 0.6 is 0 Å². The summed E-state index contributed by atoms with van der Waals surface area (Å²) < 4.78 is 31.8. The third-order valence-corrected chi connectivity index (χ3v) is 2.33. The van der Waals surface area contributed by atoms with Crippen molar-refractivity contribution in [3.63, 3.8) is 0 Å². The average Bonchev–Trinajstić information content (AvgIpc) is 2.72. The lowest BCUT2D eigenvalue weighted by atomic mass is 10.2. The van der Waals surface area contributed by atoms with Crippen LogP contribution < -0.4 is 4.94 Å². The molecule has 0 fully saturated rings. The van der Waals surface area contributed by atoms with Gasteiger partial charge >= 0.3 is 6.09 Å². The number of nitrogens with zero attached hydrogens (tertiary/aromatic N) is 1. The van der Waals surface area contributed by atoms with Crippen molar-refractivity contribution in [1.82, 2.24) is 4.57 Å². The molecule has 0 saturated heterocycles. The normalized spacial score (nSPS) is 10.9. The van der Waals surface area contributed by atoms with Gasteiger partial charge in [0.15, 0.2) is 11.6 Å². The van der Waals surface area contributed by atoms with Crippen molar-refractivity contribution in [3.05, 3.63) is 30.2 Å². The van der Waals surface area contributed by atoms with Crippen LogP contribution in [0.4, 0.5) is 13.7 Å². The lowest BCUT2D eigenvalue weighted by Gasteiger charge is -2.09. The highest BCUT2D eigenvalue weighted by Gasteiger charge is 2.16. The smallest absolute Gasteiger partial charge is 0.418 e. The third-order valence-electron chi connectivity index (χ3n) is 2.33. The Hall–Kier alpha value is -2.11. The van der Waals surface area contributed by atoms with E-state index in [1.807, 2.05) is 0 Å². The van der Waals surface area contributed by atoms with Crippen LogP contribution in [0.15, 0.2) is 24.4 Å². The number of hydrogen-bond donors (Lipinski definition) is 0. The SMILES string of the molecule is CC(C)OC(=O)n1ccc2cc(OF)cc(F)c21. The lowest BCUT2D eigenvalue weighted by molar-refractivity contribution is -0.00635. The maximum atomic E-state index is 13.8. The maximum absolute atomic E-state index is 13.8. The molecule has 0 atom stereocenters. The standard InChI is InChI=1S/C12H11F2NO3/c1-7(2)17-12(16)15-4-3-8-5-9(18-14)6-10(13)11(8)15/h3-7H,1-2H3. The van der Waals surface area contributed by atoms with Crippen LogP contribution in [0, 0.1) is 5.82 Å². The molecule has 0 N–H and O–H groups in total. The first-order chi connectivity index (χ1) is 8.52. The maximum Gasteiger partial charge on any atom is 0.418 e. The van der Waals surface area contributed by atoms with E-state index in [1.54, 1.807) is 13.8 Å². The van der Waals surface area contributed by atoms with E-state index in [4.69, 9.17) is 4.74 Å². The molecule has 96 valence electrons. The van der Waals surface area contributed by atoms with E-state index in [0.717, 1.165) is 10.6 Å². The molecule has 2 aromatic rings. The number of halogens is 2. The largest absolute Gasteiger partial charge is 0.446 e. The number of benzene rings is 1. The molecule has 0 radical (unpaired) electrons. The molecule has 0 aliphatic heterocycles. The van der Waals surface area contributed by atoms with Crippen LogP contribution in [0.25, 0.3) is 10.9 Å². The lowest BCUT2D eigenvalue weighted by Crippen LogP contribution is -2.17. The van der Waals surface area contributed by atoms with Gasteiger partial charge in [-0.2, -0.15) is 0 Å². The molecule has 18 heavy (non-hydrogen) atoms. The van der Waals surface area contributed by atoms with Crippen molar-refractivity contribution >= 4 is 17.0 Å². The molecule has 6 heteroatoms. The van der Waals surface area contributed by atoms with E-state index < -0.39 is 11.9 Å². The highest BCUT2D eigenvalue weighted by Crippen LogP contribution is 2.26.